The second-order valence-electron chi connectivity index (χ2n) is 13.4. The monoisotopic (exact) mass is 571 g/mol. The number of esters is 1. The Morgan fingerprint density at radius 2 is 1.71 bits per heavy atom. The summed E-state index contributed by atoms with van der Waals surface area (Å²) >= 11 is 0. The summed E-state index contributed by atoms with van der Waals surface area (Å²) in [4.78, 5) is 37.1. The molecule has 42 heavy (non-hydrogen) atoms. The van der Waals surface area contributed by atoms with Gasteiger partial charge in [0.2, 0.25) is 5.91 Å². The third kappa shape index (κ3) is 6.83. The molecule has 1 amide bonds. The van der Waals surface area contributed by atoms with E-state index in [2.05, 4.69) is 24.0 Å². The second-order valence-corrected chi connectivity index (χ2v) is 13.4. The third-order valence-corrected chi connectivity index (χ3v) is 10.9. The van der Waals surface area contributed by atoms with Crippen LogP contribution in [0.2, 0.25) is 0 Å². The molecule has 0 spiro atoms. The molecule has 5 heteroatoms. The molecule has 0 radical (unpaired) electrons. The molecule has 0 bridgehead atoms. The molecule has 1 aromatic rings. The average molecular weight is 572 g/mol. The van der Waals surface area contributed by atoms with Crippen LogP contribution >= 0.6 is 0 Å². The van der Waals surface area contributed by atoms with Crippen molar-refractivity contribution in [3.8, 4) is 0 Å². The Morgan fingerprint density at radius 1 is 1.00 bits per heavy atom. The van der Waals surface area contributed by atoms with Gasteiger partial charge < -0.3 is 10.1 Å². The van der Waals surface area contributed by atoms with Crippen molar-refractivity contribution in [2.45, 2.75) is 110 Å². The molecule has 0 saturated heterocycles. The van der Waals surface area contributed by atoms with Gasteiger partial charge in [-0.05, 0) is 86.0 Å². The molecule has 1 N–H and O–H groups in total. The normalized spacial score (nSPS) is 28.0. The molecule has 5 atom stereocenters. The minimum absolute atomic E-state index is 0.139. The number of benzene rings is 1. The van der Waals surface area contributed by atoms with Crippen LogP contribution in [0.5, 0.6) is 0 Å². The van der Waals surface area contributed by atoms with Crippen molar-refractivity contribution in [3.63, 3.8) is 0 Å². The number of Topliss-reactive ketones (excluding diaryl/α,β-unsaturated/α-hetero) is 1. The van der Waals surface area contributed by atoms with Crippen LogP contribution in [0.15, 0.2) is 59.0 Å². The Kier molecular flexibility index (Phi) is 10.2. The first kappa shape index (κ1) is 30.5. The number of carbonyl (C=O) groups is 3. The molecule has 5 nitrogen and oxygen atoms in total. The lowest BCUT2D eigenvalue weighted by atomic mass is 9.51. The summed E-state index contributed by atoms with van der Waals surface area (Å²) in [5.41, 5.74) is 6.62. The third-order valence-electron chi connectivity index (χ3n) is 10.9. The van der Waals surface area contributed by atoms with Crippen molar-refractivity contribution >= 4 is 17.7 Å². The van der Waals surface area contributed by atoms with E-state index in [0.29, 0.717) is 53.6 Å². The predicted molar refractivity (Wildman–Crippen MR) is 165 cm³/mol. The number of hydrogen-bond acceptors (Lipinski definition) is 4. The number of ether oxygens (including phenoxy) is 1. The minimum Gasteiger partial charge on any atom is -0.419 e. The van der Waals surface area contributed by atoms with Gasteiger partial charge in [-0.3, -0.25) is 9.59 Å². The maximum absolute atomic E-state index is 13.0. The average Bonchev–Trinajstić information content (AvgIpc) is 3.31. The summed E-state index contributed by atoms with van der Waals surface area (Å²) in [6.45, 7) is 2.26. The molecule has 4 aliphatic rings. The van der Waals surface area contributed by atoms with Gasteiger partial charge in [0.25, 0.3) is 0 Å². The summed E-state index contributed by atoms with van der Waals surface area (Å²) in [5, 5.41) is 2.70. The van der Waals surface area contributed by atoms with Crippen LogP contribution in [0.4, 0.5) is 0 Å². The van der Waals surface area contributed by atoms with Gasteiger partial charge in [-0.25, -0.2) is 4.79 Å². The van der Waals surface area contributed by atoms with E-state index >= 15 is 0 Å². The van der Waals surface area contributed by atoms with Crippen molar-refractivity contribution in [3.05, 3.63) is 64.6 Å². The van der Waals surface area contributed by atoms with Crippen LogP contribution in [0.25, 0.3) is 0 Å². The van der Waals surface area contributed by atoms with Crippen molar-refractivity contribution in [1.29, 1.82) is 0 Å². The number of amides is 1. The molecule has 2 fully saturated rings. The zero-order valence-corrected chi connectivity index (χ0v) is 25.7. The van der Waals surface area contributed by atoms with E-state index in [4.69, 9.17) is 4.74 Å². The molecule has 226 valence electrons. The summed E-state index contributed by atoms with van der Waals surface area (Å²) in [6.07, 6.45) is 19.2. The van der Waals surface area contributed by atoms with Gasteiger partial charge >= 0.3 is 5.97 Å². The highest BCUT2D eigenvalue weighted by Crippen LogP contribution is 2.61. The van der Waals surface area contributed by atoms with Crippen LogP contribution in [0, 0.1) is 29.1 Å². The Morgan fingerprint density at radius 3 is 2.45 bits per heavy atom. The molecule has 2 saturated carbocycles. The largest absolute Gasteiger partial charge is 0.419 e. The Bertz CT molecular complexity index is 1240. The number of unbranched alkanes of at least 4 members (excludes halogenated alkanes) is 7. The van der Waals surface area contributed by atoms with Gasteiger partial charge in [0, 0.05) is 31.7 Å². The lowest BCUT2D eigenvalue weighted by Crippen LogP contribution is -2.47. The quantitative estimate of drug-likeness (QED) is 0.147. The number of hydrogen-bond donors (Lipinski definition) is 1. The first-order valence-electron chi connectivity index (χ1n) is 16.6. The zero-order chi connectivity index (χ0) is 29.5. The zero-order valence-electron chi connectivity index (χ0n) is 25.7. The highest BCUT2D eigenvalue weighted by atomic mass is 16.5. The van der Waals surface area contributed by atoms with E-state index in [1.807, 2.05) is 18.2 Å². The number of carbonyl (C=O) groups excluding carboxylic acids is 3. The Labute approximate surface area is 252 Å². The van der Waals surface area contributed by atoms with Crippen LogP contribution in [-0.2, 0) is 14.3 Å². The maximum atomic E-state index is 13.0. The van der Waals surface area contributed by atoms with Gasteiger partial charge in [-0.2, -0.15) is 0 Å². The molecule has 4 aliphatic carbocycles. The highest BCUT2D eigenvalue weighted by molar-refractivity contribution is 5.90. The summed E-state index contributed by atoms with van der Waals surface area (Å²) in [6, 6.07) is 9.19. The standard InChI is InChI=1S/C37H49NO4/c1-37-23-22-31-30-19-18-29(42-36(41)26-14-11-9-12-15-26)25-28(30)24-27(35(31)32(37)20-21-33(37)39)16-10-7-5-3-4-6-8-13-17-34(40)38-2/h9,11-12,14-15,19,27,31-32,35H,3-8,10,13,16-17,20-25H2,1-2H3,(H,38,40)/t27-,31?,32?,35?,37-/m0/s1. The molecular formula is C37H49NO4. The van der Waals surface area contributed by atoms with Crippen LogP contribution in [0.1, 0.15) is 120 Å². The lowest BCUT2D eigenvalue weighted by Gasteiger charge is -2.52. The number of ketones is 1. The lowest BCUT2D eigenvalue weighted by molar-refractivity contribution is -0.130. The van der Waals surface area contributed by atoms with E-state index in [-0.39, 0.29) is 17.3 Å². The van der Waals surface area contributed by atoms with E-state index in [9.17, 15) is 14.4 Å². The number of rotatable bonds is 13. The first-order valence-corrected chi connectivity index (χ1v) is 16.6. The van der Waals surface area contributed by atoms with Gasteiger partial charge in [0.1, 0.15) is 5.78 Å². The molecule has 0 aliphatic heterocycles. The van der Waals surface area contributed by atoms with E-state index < -0.39 is 0 Å². The molecule has 3 unspecified atom stereocenters. The SMILES string of the molecule is CNC(=O)CCCCCCCCCC[C@H]1CC2=C(C=C=C(OC(=O)c3ccccc3)C2)C2CC[C@]3(C)C(=O)CCC3C21. The fourth-order valence-electron chi connectivity index (χ4n) is 8.59. The summed E-state index contributed by atoms with van der Waals surface area (Å²) in [7, 11) is 1.70. The molecule has 5 rings (SSSR count). The summed E-state index contributed by atoms with van der Waals surface area (Å²) < 4.78 is 5.81. The van der Waals surface area contributed by atoms with Crippen LogP contribution in [-0.4, -0.2) is 24.7 Å². The number of fused-ring (bicyclic) bond motifs is 4. The van der Waals surface area contributed by atoms with Crippen molar-refractivity contribution in [1.82, 2.24) is 5.32 Å². The minimum atomic E-state index is -0.315. The van der Waals surface area contributed by atoms with Crippen molar-refractivity contribution in [2.24, 2.45) is 29.1 Å². The topological polar surface area (TPSA) is 72.5 Å². The highest BCUT2D eigenvalue weighted by Gasteiger charge is 2.57. The van der Waals surface area contributed by atoms with E-state index in [1.165, 1.54) is 56.1 Å². The molecule has 0 aromatic heterocycles. The number of allylic oxidation sites excluding steroid dienone is 2. The smallest absolute Gasteiger partial charge is 0.343 e. The predicted octanol–water partition coefficient (Wildman–Crippen LogP) is 8.26. The fraction of sp³-hybridized carbons (Fsp3) is 0.622. The van der Waals surface area contributed by atoms with Crippen molar-refractivity contribution in [2.75, 3.05) is 7.05 Å². The van der Waals surface area contributed by atoms with Gasteiger partial charge in [-0.1, -0.05) is 81.4 Å². The molecule has 1 aromatic carbocycles. The maximum Gasteiger partial charge on any atom is 0.343 e. The van der Waals surface area contributed by atoms with Crippen molar-refractivity contribution < 1.29 is 19.1 Å². The Balaban J connectivity index is 1.18. The second kappa shape index (κ2) is 14.0. The van der Waals surface area contributed by atoms with Crippen LogP contribution in [0.3, 0.4) is 0 Å². The van der Waals surface area contributed by atoms with E-state index in [1.54, 1.807) is 19.2 Å². The Hall–Kier alpha value is -2.91. The van der Waals surface area contributed by atoms with Gasteiger partial charge in [0.15, 0.2) is 5.76 Å². The fourth-order valence-corrected chi connectivity index (χ4v) is 8.59. The molecule has 0 heterocycles. The van der Waals surface area contributed by atoms with Gasteiger partial charge in [-0.15, -0.1) is 0 Å². The molecular weight excluding hydrogens is 522 g/mol. The summed E-state index contributed by atoms with van der Waals surface area (Å²) in [5.74, 6) is 3.11. The number of nitrogens with one attached hydrogen (secondary N) is 1. The van der Waals surface area contributed by atoms with Crippen LogP contribution < -0.4 is 5.32 Å². The first-order chi connectivity index (χ1) is 20.4. The van der Waals surface area contributed by atoms with Gasteiger partial charge in [0.05, 0.1) is 5.56 Å². The van der Waals surface area contributed by atoms with E-state index in [0.717, 1.165) is 44.9 Å².